The summed E-state index contributed by atoms with van der Waals surface area (Å²) in [5.41, 5.74) is 1.43. The third kappa shape index (κ3) is 15.9. The second-order valence-corrected chi connectivity index (χ2v) is 11.0. The molecule has 6 heteroatoms. The molecule has 27 heavy (non-hydrogen) atoms. The van der Waals surface area contributed by atoms with Gasteiger partial charge in [-0.05, 0) is 26.3 Å². The van der Waals surface area contributed by atoms with Crippen molar-refractivity contribution >= 4 is 58.8 Å². The quantitative estimate of drug-likeness (QED) is 0.267. The SMILES string of the molecule is CC.CCC(C)=O.CCO[C@H](C)[C@@H]1CNC[C@H]1c1ccccc1.[B]C(I)I. The first-order chi connectivity index (χ1) is 12.8. The number of nitrogens with one attached hydrogen (secondary N) is 1. The van der Waals surface area contributed by atoms with Gasteiger partial charge in [0.1, 0.15) is 5.78 Å². The second-order valence-electron chi connectivity index (χ2n) is 5.89. The van der Waals surface area contributed by atoms with E-state index in [-0.39, 0.29) is 7.61 Å². The lowest BCUT2D eigenvalue weighted by molar-refractivity contribution is -0.116. The van der Waals surface area contributed by atoms with Crippen LogP contribution < -0.4 is 5.32 Å². The van der Waals surface area contributed by atoms with Gasteiger partial charge in [0.05, 0.1) is 14.0 Å². The molecule has 1 aromatic rings. The van der Waals surface area contributed by atoms with Crippen molar-refractivity contribution in [2.75, 3.05) is 19.7 Å². The van der Waals surface area contributed by atoms with Crippen LogP contribution >= 0.6 is 45.2 Å². The van der Waals surface area contributed by atoms with Crippen molar-refractivity contribution in [3.05, 3.63) is 35.9 Å². The minimum atomic E-state index is 0.255. The molecule has 1 aromatic carbocycles. The van der Waals surface area contributed by atoms with Gasteiger partial charge in [-0.2, -0.15) is 0 Å². The van der Waals surface area contributed by atoms with E-state index in [0.29, 0.717) is 24.4 Å². The number of alkyl halides is 2. The van der Waals surface area contributed by atoms with Crippen LogP contribution in [0.4, 0.5) is 0 Å². The van der Waals surface area contributed by atoms with Gasteiger partial charge in [0.15, 0.2) is 0 Å². The number of benzene rings is 1. The van der Waals surface area contributed by atoms with E-state index in [2.05, 4.69) is 94.7 Å². The minimum absolute atomic E-state index is 0.255. The number of carbonyl (C=O) groups excluding carboxylic acids is 1. The highest BCUT2D eigenvalue weighted by atomic mass is 127. The van der Waals surface area contributed by atoms with Crippen LogP contribution in [0.25, 0.3) is 0 Å². The first-order valence-corrected chi connectivity index (χ1v) is 12.2. The Kier molecular flexibility index (Phi) is 21.5. The maximum atomic E-state index is 9.81. The van der Waals surface area contributed by atoms with Gasteiger partial charge in [-0.15, -0.1) is 0 Å². The van der Waals surface area contributed by atoms with Crippen molar-refractivity contribution in [2.24, 2.45) is 5.92 Å². The molecule has 1 fully saturated rings. The molecule has 3 atom stereocenters. The van der Waals surface area contributed by atoms with E-state index < -0.39 is 0 Å². The fourth-order valence-corrected chi connectivity index (χ4v) is 2.64. The van der Waals surface area contributed by atoms with Crippen LogP contribution in [0.5, 0.6) is 0 Å². The van der Waals surface area contributed by atoms with Crippen molar-refractivity contribution in [3.63, 3.8) is 0 Å². The molecule has 0 aromatic heterocycles. The largest absolute Gasteiger partial charge is 0.378 e. The fraction of sp³-hybridized carbons (Fsp3) is 0.667. The Hall–Kier alpha value is 0.335. The van der Waals surface area contributed by atoms with Crippen LogP contribution in [-0.4, -0.2) is 41.3 Å². The average molecular weight is 599 g/mol. The van der Waals surface area contributed by atoms with Crippen LogP contribution in [0.3, 0.4) is 0 Å². The molecule has 0 unspecified atom stereocenters. The molecular weight excluding hydrogens is 563 g/mol. The first kappa shape index (κ1) is 29.5. The molecule has 2 rings (SSSR count). The summed E-state index contributed by atoms with van der Waals surface area (Å²) in [6.45, 7) is 14.6. The van der Waals surface area contributed by atoms with Gasteiger partial charge in [-0.3, -0.25) is 0 Å². The molecule has 2 radical (unpaired) electrons. The van der Waals surface area contributed by atoms with Gasteiger partial charge in [0.2, 0.25) is 0 Å². The first-order valence-electron chi connectivity index (χ1n) is 9.73. The van der Waals surface area contributed by atoms with E-state index in [1.54, 1.807) is 6.92 Å². The van der Waals surface area contributed by atoms with Crippen molar-refractivity contribution in [1.29, 1.82) is 0 Å². The third-order valence-electron chi connectivity index (χ3n) is 4.02. The zero-order valence-corrected chi connectivity index (χ0v) is 22.0. The van der Waals surface area contributed by atoms with Crippen molar-refractivity contribution in [3.8, 4) is 0 Å². The molecule has 0 spiro atoms. The van der Waals surface area contributed by atoms with Crippen molar-refractivity contribution in [2.45, 2.75) is 61.8 Å². The van der Waals surface area contributed by atoms with Gasteiger partial charge in [-0.1, -0.05) is 96.3 Å². The van der Waals surface area contributed by atoms with E-state index in [1.165, 1.54) is 5.56 Å². The van der Waals surface area contributed by atoms with Crippen LogP contribution in [0.15, 0.2) is 30.3 Å². The highest BCUT2D eigenvalue weighted by Gasteiger charge is 2.32. The monoisotopic (exact) mass is 599 g/mol. The number of hydrogen-bond donors (Lipinski definition) is 1. The van der Waals surface area contributed by atoms with Crippen molar-refractivity contribution in [1.82, 2.24) is 5.32 Å². The summed E-state index contributed by atoms with van der Waals surface area (Å²) in [6, 6.07) is 10.8. The van der Waals surface area contributed by atoms with Gasteiger partial charge >= 0.3 is 0 Å². The second kappa shape index (κ2) is 19.6. The highest BCUT2D eigenvalue weighted by Crippen LogP contribution is 2.31. The summed E-state index contributed by atoms with van der Waals surface area (Å²) < 4.78 is 6.01. The summed E-state index contributed by atoms with van der Waals surface area (Å²) in [6.07, 6.45) is 1.00. The minimum Gasteiger partial charge on any atom is -0.378 e. The lowest BCUT2D eigenvalue weighted by Crippen LogP contribution is -2.26. The summed E-state index contributed by atoms with van der Waals surface area (Å²) in [4.78, 5) is 9.81. The Bertz CT molecular complexity index is 458. The lowest BCUT2D eigenvalue weighted by atomic mass is 9.86. The number of rotatable bonds is 5. The molecule has 1 heterocycles. The maximum absolute atomic E-state index is 9.81. The molecule has 0 aliphatic carbocycles. The number of ketones is 1. The topological polar surface area (TPSA) is 38.3 Å². The molecule has 1 N–H and O–H groups in total. The molecular formula is C21H36BI2NO2. The van der Waals surface area contributed by atoms with Gasteiger partial charge < -0.3 is 14.8 Å². The smallest absolute Gasteiger partial charge is 0.129 e. The van der Waals surface area contributed by atoms with E-state index in [0.717, 1.165) is 19.7 Å². The Balaban J connectivity index is 0. The molecule has 0 bridgehead atoms. The van der Waals surface area contributed by atoms with Gasteiger partial charge in [0.25, 0.3) is 0 Å². The van der Waals surface area contributed by atoms with E-state index in [9.17, 15) is 4.79 Å². The Labute approximate surface area is 195 Å². The normalized spacial score (nSPS) is 18.9. The Morgan fingerprint density at radius 1 is 1.22 bits per heavy atom. The lowest BCUT2D eigenvalue weighted by Gasteiger charge is -2.25. The highest BCUT2D eigenvalue weighted by molar-refractivity contribution is 14.2. The predicted molar refractivity (Wildman–Crippen MR) is 137 cm³/mol. The summed E-state index contributed by atoms with van der Waals surface area (Å²) in [7, 11) is 5.08. The number of halogens is 2. The Morgan fingerprint density at radius 2 is 1.70 bits per heavy atom. The number of ether oxygens (including phenoxy) is 1. The van der Waals surface area contributed by atoms with Gasteiger partial charge in [-0.25, -0.2) is 0 Å². The van der Waals surface area contributed by atoms with E-state index >= 15 is 0 Å². The van der Waals surface area contributed by atoms with Gasteiger partial charge in [0, 0.05) is 39.8 Å². The number of carbonyl (C=O) groups is 1. The zero-order valence-electron chi connectivity index (χ0n) is 17.7. The molecule has 1 aliphatic rings. The standard InChI is InChI=1S/C14H21NO.C4H8O.C2H6.CHBI2/c1-3-16-11(2)13-9-15-10-14(13)12-7-5-4-6-8-12;1-3-4(2)5;1-2;2-1(3)4/h4-8,11,13-15H,3,9-10H2,1-2H3;3H2,1-2H3;1-2H3;1H/t11-,13+,14+;;;/m1.../s1. The Morgan fingerprint density at radius 3 is 2.11 bits per heavy atom. The molecule has 0 amide bonds. The molecule has 0 saturated carbocycles. The maximum Gasteiger partial charge on any atom is 0.129 e. The van der Waals surface area contributed by atoms with E-state index in [4.69, 9.17) is 12.6 Å². The fourth-order valence-electron chi connectivity index (χ4n) is 2.64. The summed E-state index contributed by atoms with van der Waals surface area (Å²) in [5.74, 6) is 1.45. The predicted octanol–water partition coefficient (Wildman–Crippen LogP) is 5.73. The molecule has 1 saturated heterocycles. The number of Topliss-reactive ketones (excluding diaryl/α,β-unsaturated/α-hetero) is 1. The van der Waals surface area contributed by atoms with Crippen LogP contribution in [0, 0.1) is 5.92 Å². The summed E-state index contributed by atoms with van der Waals surface area (Å²) in [5, 5.41) is 3.48. The number of hydrogen-bond acceptors (Lipinski definition) is 3. The third-order valence-corrected chi connectivity index (χ3v) is 4.02. The summed E-state index contributed by atoms with van der Waals surface area (Å²) >= 11 is 4.22. The molecule has 1 aliphatic heterocycles. The molecule has 3 nitrogen and oxygen atoms in total. The van der Waals surface area contributed by atoms with E-state index in [1.807, 2.05) is 20.8 Å². The average Bonchev–Trinajstić information content (AvgIpc) is 3.14. The van der Waals surface area contributed by atoms with Crippen LogP contribution in [-0.2, 0) is 9.53 Å². The van der Waals surface area contributed by atoms with Crippen LogP contribution in [0.1, 0.15) is 59.4 Å². The zero-order chi connectivity index (χ0) is 21.2. The van der Waals surface area contributed by atoms with Crippen molar-refractivity contribution < 1.29 is 9.53 Å². The van der Waals surface area contributed by atoms with Crippen LogP contribution in [0.2, 0.25) is 0 Å². The molecule has 154 valence electrons.